The highest BCUT2D eigenvalue weighted by molar-refractivity contribution is 7.19. The molecule has 0 bridgehead atoms. The molecule has 2 N–H and O–H groups in total. The molecule has 3 aliphatic rings. The molecule has 6 nitrogen and oxygen atoms in total. The van der Waals surface area contributed by atoms with E-state index >= 15 is 0 Å². The van der Waals surface area contributed by atoms with Crippen LogP contribution in [-0.2, 0) is 17.6 Å². The molecular weight excluding hydrogens is 396 g/mol. The van der Waals surface area contributed by atoms with E-state index in [-0.39, 0.29) is 18.6 Å². The third kappa shape index (κ3) is 3.12. The van der Waals surface area contributed by atoms with Crippen LogP contribution in [0.1, 0.15) is 66.4 Å². The zero-order chi connectivity index (χ0) is 20.2. The van der Waals surface area contributed by atoms with Crippen LogP contribution in [0.5, 0.6) is 5.75 Å². The first-order valence-electron chi connectivity index (χ1n) is 10.8. The number of rotatable bonds is 4. The van der Waals surface area contributed by atoms with Gasteiger partial charge in [0.1, 0.15) is 22.2 Å². The molecule has 1 aromatic carbocycles. The molecule has 1 atom stereocenters. The van der Waals surface area contributed by atoms with Crippen LogP contribution in [0.15, 0.2) is 18.2 Å². The molecule has 2 aliphatic carbocycles. The van der Waals surface area contributed by atoms with Crippen molar-refractivity contribution in [3.8, 4) is 5.75 Å². The van der Waals surface area contributed by atoms with E-state index in [1.54, 1.807) is 0 Å². The van der Waals surface area contributed by atoms with E-state index in [9.17, 15) is 4.79 Å². The molecule has 0 spiro atoms. The van der Waals surface area contributed by atoms with Crippen molar-refractivity contribution in [1.82, 2.24) is 9.97 Å². The maximum absolute atomic E-state index is 11.7. The van der Waals surface area contributed by atoms with Crippen molar-refractivity contribution in [2.24, 2.45) is 0 Å². The first-order chi connectivity index (χ1) is 14.7. The Balaban J connectivity index is 1.38. The highest BCUT2D eigenvalue weighted by atomic mass is 32.1. The highest BCUT2D eigenvalue weighted by Crippen LogP contribution is 2.44. The Morgan fingerprint density at radius 1 is 1.23 bits per heavy atom. The van der Waals surface area contributed by atoms with Crippen molar-refractivity contribution in [2.45, 2.75) is 57.4 Å². The van der Waals surface area contributed by atoms with Crippen LogP contribution >= 0.6 is 11.3 Å². The van der Waals surface area contributed by atoms with Gasteiger partial charge in [0.2, 0.25) is 0 Å². The van der Waals surface area contributed by atoms with E-state index in [1.807, 2.05) is 23.5 Å². The Morgan fingerprint density at radius 2 is 2.10 bits per heavy atom. The highest BCUT2D eigenvalue weighted by Gasteiger charge is 2.30. The number of carbonyl (C=O) groups is 1. The van der Waals surface area contributed by atoms with E-state index in [2.05, 4.69) is 23.6 Å². The van der Waals surface area contributed by atoms with Crippen molar-refractivity contribution in [1.29, 1.82) is 0 Å². The lowest BCUT2D eigenvalue weighted by Gasteiger charge is -2.22. The lowest BCUT2D eigenvalue weighted by Crippen LogP contribution is -2.25. The molecule has 0 radical (unpaired) electrons. The minimum absolute atomic E-state index is 0.0402. The van der Waals surface area contributed by atoms with Gasteiger partial charge >= 0.3 is 0 Å². The molecule has 7 heteroatoms. The Bertz CT molecular complexity index is 1170. The lowest BCUT2D eigenvalue weighted by atomic mass is 9.97. The van der Waals surface area contributed by atoms with Gasteiger partial charge in [0.25, 0.3) is 5.91 Å². The summed E-state index contributed by atoms with van der Waals surface area (Å²) in [6.45, 7) is 2.21. The summed E-state index contributed by atoms with van der Waals surface area (Å²) in [5, 5.41) is 7.81. The van der Waals surface area contributed by atoms with Crippen molar-refractivity contribution < 1.29 is 9.53 Å². The van der Waals surface area contributed by atoms with Crippen molar-refractivity contribution in [2.75, 3.05) is 17.2 Å². The molecule has 1 saturated carbocycles. The van der Waals surface area contributed by atoms with Gasteiger partial charge in [-0.3, -0.25) is 4.79 Å². The summed E-state index contributed by atoms with van der Waals surface area (Å²) in [7, 11) is 0. The molecule has 3 heterocycles. The number of anilines is 2. The molecule has 1 fully saturated rings. The van der Waals surface area contributed by atoms with E-state index < -0.39 is 0 Å². The predicted octanol–water partition coefficient (Wildman–Crippen LogP) is 4.95. The predicted molar refractivity (Wildman–Crippen MR) is 119 cm³/mol. The number of amides is 1. The summed E-state index contributed by atoms with van der Waals surface area (Å²) in [5.41, 5.74) is 3.27. The topological polar surface area (TPSA) is 76.1 Å². The molecule has 1 unspecified atom stereocenters. The maximum Gasteiger partial charge on any atom is 0.262 e. The average molecular weight is 421 g/mol. The molecule has 1 aliphatic heterocycles. The zero-order valence-electron chi connectivity index (χ0n) is 17.0. The van der Waals surface area contributed by atoms with Gasteiger partial charge in [0, 0.05) is 10.8 Å². The number of ether oxygens (including phenoxy) is 1. The second-order valence-corrected chi connectivity index (χ2v) is 9.64. The van der Waals surface area contributed by atoms with E-state index in [4.69, 9.17) is 14.7 Å². The fourth-order valence-corrected chi connectivity index (χ4v) is 5.73. The summed E-state index contributed by atoms with van der Waals surface area (Å²) in [6, 6.07) is 6.02. The fraction of sp³-hybridized carbons (Fsp3) is 0.435. The number of aryl methyl sites for hydroxylation is 2. The summed E-state index contributed by atoms with van der Waals surface area (Å²) >= 11 is 1.86. The number of nitrogens with one attached hydrogen (secondary N) is 2. The van der Waals surface area contributed by atoms with Gasteiger partial charge < -0.3 is 15.4 Å². The molecule has 30 heavy (non-hydrogen) atoms. The number of hydrogen-bond acceptors (Lipinski definition) is 6. The normalized spacial score (nSPS) is 18.9. The summed E-state index contributed by atoms with van der Waals surface area (Å²) < 4.78 is 5.50. The molecule has 1 amide bonds. The third-order valence-electron chi connectivity index (χ3n) is 6.26. The smallest absolute Gasteiger partial charge is 0.262 e. The molecule has 154 valence electrons. The van der Waals surface area contributed by atoms with Gasteiger partial charge in [-0.2, -0.15) is 0 Å². The fourth-order valence-electron chi connectivity index (χ4n) is 4.46. The quantitative estimate of drug-likeness (QED) is 0.624. The summed E-state index contributed by atoms with van der Waals surface area (Å²) in [5.74, 6) is 3.07. The van der Waals surface area contributed by atoms with Crippen LogP contribution in [-0.4, -0.2) is 22.5 Å². The maximum atomic E-state index is 11.7. The largest absolute Gasteiger partial charge is 0.482 e. The van der Waals surface area contributed by atoms with Crippen LogP contribution in [0.4, 0.5) is 11.5 Å². The Labute approximate surface area is 179 Å². The monoisotopic (exact) mass is 420 g/mol. The summed E-state index contributed by atoms with van der Waals surface area (Å²) in [4.78, 5) is 24.3. The molecule has 6 rings (SSSR count). The number of nitrogens with zero attached hydrogens (tertiary/aromatic N) is 2. The molecular formula is C23H24N4O2S. The zero-order valence-corrected chi connectivity index (χ0v) is 17.8. The summed E-state index contributed by atoms with van der Waals surface area (Å²) in [6.07, 6.45) is 7.17. The molecule has 2 aromatic heterocycles. The number of thiophene rings is 1. The van der Waals surface area contributed by atoms with Gasteiger partial charge in [0.05, 0.1) is 17.1 Å². The van der Waals surface area contributed by atoms with E-state index in [1.165, 1.54) is 41.5 Å². The van der Waals surface area contributed by atoms with Crippen LogP contribution in [0.3, 0.4) is 0 Å². The number of hydrogen-bond donors (Lipinski definition) is 2. The second-order valence-electron chi connectivity index (χ2n) is 8.55. The van der Waals surface area contributed by atoms with Gasteiger partial charge in [-0.25, -0.2) is 9.97 Å². The standard InChI is InChI=1S/C23H24N4O2S/c1-12(14-8-9-17-16(10-14)25-19(28)11-29-17)24-22-20-15-4-2-3-5-18(15)30-23(20)27-21(26-22)13-6-7-13/h8-10,12-13H,2-7,11H2,1H3,(H,25,28)(H,24,26,27). The molecule has 0 saturated heterocycles. The first kappa shape index (κ1) is 18.1. The van der Waals surface area contributed by atoms with Gasteiger partial charge in [-0.1, -0.05) is 6.07 Å². The van der Waals surface area contributed by atoms with Gasteiger partial charge in [0.15, 0.2) is 6.61 Å². The third-order valence-corrected chi connectivity index (χ3v) is 7.45. The number of fused-ring (bicyclic) bond motifs is 4. The minimum atomic E-state index is -0.114. The van der Waals surface area contributed by atoms with Gasteiger partial charge in [-0.05, 0) is 68.7 Å². The van der Waals surface area contributed by atoms with Crippen molar-refractivity contribution in [3.05, 3.63) is 40.0 Å². The van der Waals surface area contributed by atoms with E-state index in [0.717, 1.165) is 46.3 Å². The number of aromatic nitrogens is 2. The molecule has 3 aromatic rings. The van der Waals surface area contributed by atoms with Crippen LogP contribution < -0.4 is 15.4 Å². The Kier molecular flexibility index (Phi) is 4.19. The van der Waals surface area contributed by atoms with Crippen molar-refractivity contribution >= 4 is 39.0 Å². The van der Waals surface area contributed by atoms with E-state index in [0.29, 0.717) is 5.92 Å². The SMILES string of the molecule is CC(Nc1nc(C2CC2)nc2sc3c(c12)CCCC3)c1ccc2c(c1)NC(=O)CO2. The second kappa shape index (κ2) is 6.94. The minimum Gasteiger partial charge on any atom is -0.482 e. The van der Waals surface area contributed by atoms with Gasteiger partial charge in [-0.15, -0.1) is 11.3 Å². The van der Waals surface area contributed by atoms with Crippen LogP contribution in [0, 0.1) is 0 Å². The van der Waals surface area contributed by atoms with Crippen LogP contribution in [0.25, 0.3) is 10.2 Å². The Hall–Kier alpha value is -2.67. The first-order valence-corrected chi connectivity index (χ1v) is 11.6. The number of benzene rings is 1. The number of carbonyl (C=O) groups excluding carboxylic acids is 1. The van der Waals surface area contributed by atoms with Crippen LogP contribution in [0.2, 0.25) is 0 Å². The average Bonchev–Trinajstić information content (AvgIpc) is 3.53. The van der Waals surface area contributed by atoms with Crippen molar-refractivity contribution in [3.63, 3.8) is 0 Å². The lowest BCUT2D eigenvalue weighted by molar-refractivity contribution is -0.118. The Morgan fingerprint density at radius 3 is 2.97 bits per heavy atom.